The van der Waals surface area contributed by atoms with Crippen molar-refractivity contribution in [2.24, 2.45) is 0 Å². The lowest BCUT2D eigenvalue weighted by molar-refractivity contribution is 0.628. The van der Waals surface area contributed by atoms with Crippen LogP contribution in [0.15, 0.2) is 53.8 Å². The molecule has 33 heavy (non-hydrogen) atoms. The Labute approximate surface area is 188 Å². The third-order valence-electron chi connectivity index (χ3n) is 5.92. The van der Waals surface area contributed by atoms with Gasteiger partial charge in [-0.1, -0.05) is 19.1 Å². The molecule has 0 aliphatic carbocycles. The van der Waals surface area contributed by atoms with Crippen molar-refractivity contribution in [2.45, 2.75) is 33.2 Å². The average molecular weight is 443 g/mol. The third-order valence-corrected chi connectivity index (χ3v) is 5.92. The van der Waals surface area contributed by atoms with Gasteiger partial charge in [-0.25, -0.2) is 24.3 Å². The fraction of sp³-hybridized carbons (Fsp3) is 0.208. The number of aryl methyl sites for hydroxylation is 1. The molecule has 0 fully saturated rings. The number of nitrogens with zero attached hydrogens (tertiary/aromatic N) is 5. The molecule has 0 amide bonds. The van der Waals surface area contributed by atoms with E-state index < -0.39 is 5.82 Å². The minimum absolute atomic E-state index is 0.228. The highest BCUT2D eigenvalue weighted by atomic mass is 19.1. The van der Waals surface area contributed by atoms with Crippen LogP contribution in [0.25, 0.3) is 27.8 Å². The number of fused-ring (bicyclic) bond motifs is 2. The standard InChI is InChI=1S/C24H22FN7O/c1-4-17(30-22-20-21(27-11-26-20)28-12-29-22)23-31-18-9-8-15(25)10-16(18)24(33)32(23)19-7-5-6-13(2)14(19)3/h5-12,17H,4H2,1-3H3,(H2,26,27,28,29,30)/t17-/m1/s1. The van der Waals surface area contributed by atoms with Crippen molar-refractivity contribution in [3.8, 4) is 5.69 Å². The molecule has 9 heteroatoms. The zero-order valence-corrected chi connectivity index (χ0v) is 18.4. The lowest BCUT2D eigenvalue weighted by Crippen LogP contribution is -2.29. The van der Waals surface area contributed by atoms with Crippen LogP contribution >= 0.6 is 0 Å². The van der Waals surface area contributed by atoms with E-state index in [0.29, 0.717) is 40.4 Å². The smallest absolute Gasteiger partial charge is 0.266 e. The highest BCUT2D eigenvalue weighted by molar-refractivity contribution is 5.82. The molecule has 2 aromatic carbocycles. The summed E-state index contributed by atoms with van der Waals surface area (Å²) in [5.41, 5.74) is 4.02. The van der Waals surface area contributed by atoms with E-state index in [1.54, 1.807) is 10.9 Å². The summed E-state index contributed by atoms with van der Waals surface area (Å²) in [7, 11) is 0. The number of H-pyrrole nitrogens is 1. The Bertz CT molecular complexity index is 1560. The third kappa shape index (κ3) is 3.51. The van der Waals surface area contributed by atoms with Gasteiger partial charge in [0.1, 0.15) is 23.5 Å². The number of nitrogens with one attached hydrogen (secondary N) is 2. The highest BCUT2D eigenvalue weighted by Gasteiger charge is 2.23. The average Bonchev–Trinajstić information content (AvgIpc) is 3.30. The largest absolute Gasteiger partial charge is 0.358 e. The van der Waals surface area contributed by atoms with Crippen molar-refractivity contribution in [3.63, 3.8) is 0 Å². The van der Waals surface area contributed by atoms with Gasteiger partial charge in [-0.3, -0.25) is 9.36 Å². The first kappa shape index (κ1) is 20.7. The quantitative estimate of drug-likeness (QED) is 0.418. The maximum atomic E-state index is 14.0. The van der Waals surface area contributed by atoms with Crippen molar-refractivity contribution in [2.75, 3.05) is 5.32 Å². The molecule has 0 bridgehead atoms. The van der Waals surface area contributed by atoms with E-state index in [9.17, 15) is 9.18 Å². The van der Waals surface area contributed by atoms with Crippen LogP contribution in [0.3, 0.4) is 0 Å². The van der Waals surface area contributed by atoms with E-state index >= 15 is 0 Å². The topological polar surface area (TPSA) is 101 Å². The summed E-state index contributed by atoms with van der Waals surface area (Å²) in [6.07, 6.45) is 3.62. The normalized spacial score (nSPS) is 12.4. The number of hydrogen-bond acceptors (Lipinski definition) is 6. The molecule has 3 aromatic heterocycles. The Kier molecular flexibility index (Phi) is 5.08. The van der Waals surface area contributed by atoms with Gasteiger partial charge in [0.25, 0.3) is 5.56 Å². The Balaban J connectivity index is 1.76. The van der Waals surface area contributed by atoms with E-state index in [2.05, 4.69) is 25.3 Å². The second-order valence-electron chi connectivity index (χ2n) is 7.92. The molecule has 5 aromatic rings. The lowest BCUT2D eigenvalue weighted by atomic mass is 10.1. The highest BCUT2D eigenvalue weighted by Crippen LogP contribution is 2.27. The van der Waals surface area contributed by atoms with Gasteiger partial charge in [0.15, 0.2) is 11.5 Å². The second kappa shape index (κ2) is 8.09. The van der Waals surface area contributed by atoms with Gasteiger partial charge >= 0.3 is 0 Å². The Hall–Kier alpha value is -4.14. The van der Waals surface area contributed by atoms with Gasteiger partial charge in [0.05, 0.1) is 29.0 Å². The molecule has 0 saturated carbocycles. The first-order valence-corrected chi connectivity index (χ1v) is 10.7. The van der Waals surface area contributed by atoms with E-state index in [-0.39, 0.29) is 17.0 Å². The van der Waals surface area contributed by atoms with E-state index in [0.717, 1.165) is 11.1 Å². The van der Waals surface area contributed by atoms with Crippen LogP contribution in [0, 0.1) is 19.7 Å². The second-order valence-corrected chi connectivity index (χ2v) is 7.92. The fourth-order valence-electron chi connectivity index (χ4n) is 4.00. The van der Waals surface area contributed by atoms with Crippen molar-refractivity contribution < 1.29 is 4.39 Å². The molecule has 0 saturated heterocycles. The molecule has 0 aliphatic rings. The van der Waals surface area contributed by atoms with Crippen LogP contribution in [0.2, 0.25) is 0 Å². The minimum Gasteiger partial charge on any atom is -0.358 e. The number of aromatic nitrogens is 6. The van der Waals surface area contributed by atoms with Crippen molar-refractivity contribution >= 4 is 27.9 Å². The summed E-state index contributed by atoms with van der Waals surface area (Å²) in [4.78, 5) is 34.3. The number of aromatic amines is 1. The van der Waals surface area contributed by atoms with Crippen molar-refractivity contribution in [1.29, 1.82) is 0 Å². The molecular weight excluding hydrogens is 421 g/mol. The van der Waals surface area contributed by atoms with Gasteiger partial charge in [0.2, 0.25) is 0 Å². The molecule has 5 rings (SSSR count). The molecule has 3 heterocycles. The summed E-state index contributed by atoms with van der Waals surface area (Å²) in [6, 6.07) is 9.48. The zero-order valence-electron chi connectivity index (χ0n) is 18.4. The SMILES string of the molecule is CC[C@@H](Nc1ncnc2[nH]cnc12)c1nc2ccc(F)cc2c(=O)n1-c1cccc(C)c1C. The maximum Gasteiger partial charge on any atom is 0.266 e. The maximum absolute atomic E-state index is 14.0. The summed E-state index contributed by atoms with van der Waals surface area (Å²) in [6.45, 7) is 5.94. The Morgan fingerprint density at radius 2 is 2.00 bits per heavy atom. The van der Waals surface area contributed by atoms with E-state index in [1.807, 2.05) is 39.0 Å². The van der Waals surface area contributed by atoms with Gasteiger partial charge in [-0.15, -0.1) is 0 Å². The summed E-state index contributed by atoms with van der Waals surface area (Å²) < 4.78 is 15.6. The molecule has 1 atom stereocenters. The van der Waals surface area contributed by atoms with Crippen LogP contribution in [-0.2, 0) is 0 Å². The lowest BCUT2D eigenvalue weighted by Gasteiger charge is -2.23. The number of hydrogen-bond donors (Lipinski definition) is 2. The zero-order chi connectivity index (χ0) is 23.1. The molecule has 0 spiro atoms. The predicted molar refractivity (Wildman–Crippen MR) is 125 cm³/mol. The first-order chi connectivity index (χ1) is 16.0. The molecular formula is C24H22FN7O. The predicted octanol–water partition coefficient (Wildman–Crippen LogP) is 4.37. The Morgan fingerprint density at radius 1 is 1.15 bits per heavy atom. The van der Waals surface area contributed by atoms with Crippen LogP contribution in [0.4, 0.5) is 10.2 Å². The van der Waals surface area contributed by atoms with Gasteiger partial charge in [0, 0.05) is 0 Å². The Morgan fingerprint density at radius 3 is 2.82 bits per heavy atom. The van der Waals surface area contributed by atoms with Crippen LogP contribution in [0.5, 0.6) is 0 Å². The molecule has 8 nitrogen and oxygen atoms in total. The van der Waals surface area contributed by atoms with Crippen LogP contribution in [0.1, 0.15) is 36.3 Å². The summed E-state index contributed by atoms with van der Waals surface area (Å²) in [5.74, 6) is 0.570. The summed E-state index contributed by atoms with van der Waals surface area (Å²) >= 11 is 0. The summed E-state index contributed by atoms with van der Waals surface area (Å²) in [5, 5.41) is 3.62. The fourth-order valence-corrected chi connectivity index (χ4v) is 4.00. The van der Waals surface area contributed by atoms with Gasteiger partial charge < -0.3 is 10.3 Å². The van der Waals surface area contributed by atoms with Gasteiger partial charge in [-0.05, 0) is 55.7 Å². The number of rotatable bonds is 5. The monoisotopic (exact) mass is 443 g/mol. The molecule has 0 aliphatic heterocycles. The molecule has 166 valence electrons. The van der Waals surface area contributed by atoms with Crippen LogP contribution in [-0.4, -0.2) is 29.5 Å². The van der Waals surface area contributed by atoms with Crippen molar-refractivity contribution in [1.82, 2.24) is 29.5 Å². The number of imidazole rings is 1. The molecule has 0 radical (unpaired) electrons. The number of benzene rings is 2. The number of halogens is 1. The number of anilines is 1. The first-order valence-electron chi connectivity index (χ1n) is 10.7. The van der Waals surface area contributed by atoms with Crippen molar-refractivity contribution in [3.05, 3.63) is 82.2 Å². The van der Waals surface area contributed by atoms with E-state index in [1.165, 1.54) is 24.5 Å². The van der Waals surface area contributed by atoms with Crippen LogP contribution < -0.4 is 10.9 Å². The van der Waals surface area contributed by atoms with Gasteiger partial charge in [-0.2, -0.15) is 0 Å². The molecule has 2 N–H and O–H groups in total. The van der Waals surface area contributed by atoms with E-state index in [4.69, 9.17) is 4.98 Å². The molecule has 0 unspecified atom stereocenters. The minimum atomic E-state index is -0.478.